The predicted octanol–water partition coefficient (Wildman–Crippen LogP) is 0.461. The zero-order valence-electron chi connectivity index (χ0n) is 5.58. The molecular formula is C6H11BO2. The minimum Gasteiger partial charge on any atom is -0.368 e. The molecule has 3 heteroatoms. The average Bonchev–Trinajstić information content (AvgIpc) is 1.80. The summed E-state index contributed by atoms with van der Waals surface area (Å²) in [5.74, 6) is 0.105. The molecule has 1 rings (SSSR count). The minimum absolute atomic E-state index is 0.00810. The molecule has 1 saturated heterocycles. The summed E-state index contributed by atoms with van der Waals surface area (Å²) in [4.78, 5) is 0. The van der Waals surface area contributed by atoms with Crippen LogP contribution in [0.15, 0.2) is 0 Å². The fourth-order valence-electron chi connectivity index (χ4n) is 0.986. The maximum atomic E-state index is 8.92. The van der Waals surface area contributed by atoms with E-state index in [2.05, 4.69) is 0 Å². The van der Waals surface area contributed by atoms with E-state index in [-0.39, 0.29) is 11.9 Å². The molecule has 3 unspecified atom stereocenters. The number of ether oxygens (including phenoxy) is 1. The zero-order chi connectivity index (χ0) is 6.85. The lowest BCUT2D eigenvalue weighted by molar-refractivity contribution is -0.155. The Morgan fingerprint density at radius 3 is 2.67 bits per heavy atom. The van der Waals surface area contributed by atoms with Crippen molar-refractivity contribution in [3.05, 3.63) is 0 Å². The van der Waals surface area contributed by atoms with E-state index in [1.165, 1.54) is 0 Å². The molecule has 0 saturated carbocycles. The molecule has 1 heterocycles. The maximum Gasteiger partial charge on any atom is 0.154 e. The van der Waals surface area contributed by atoms with Crippen LogP contribution < -0.4 is 0 Å². The first-order chi connectivity index (χ1) is 4.20. The van der Waals surface area contributed by atoms with Crippen LogP contribution in [-0.4, -0.2) is 25.3 Å². The fraction of sp³-hybridized carbons (Fsp3) is 1.00. The van der Waals surface area contributed by atoms with Crippen molar-refractivity contribution in [1.29, 1.82) is 0 Å². The van der Waals surface area contributed by atoms with Gasteiger partial charge in [0, 0.05) is 0 Å². The first kappa shape index (κ1) is 7.10. The molecule has 1 N–H and O–H groups in total. The Kier molecular flexibility index (Phi) is 2.14. The van der Waals surface area contributed by atoms with Crippen molar-refractivity contribution in [2.24, 2.45) is 0 Å². The van der Waals surface area contributed by atoms with E-state index in [0.717, 1.165) is 6.42 Å². The van der Waals surface area contributed by atoms with Crippen LogP contribution in [0.1, 0.15) is 19.8 Å². The Morgan fingerprint density at radius 1 is 1.56 bits per heavy atom. The Balaban J connectivity index is 2.35. The van der Waals surface area contributed by atoms with Gasteiger partial charge in [-0.15, -0.1) is 0 Å². The van der Waals surface area contributed by atoms with Gasteiger partial charge in [0.25, 0.3) is 0 Å². The summed E-state index contributed by atoms with van der Waals surface area (Å²) >= 11 is 0. The van der Waals surface area contributed by atoms with Crippen LogP contribution in [0, 0.1) is 0 Å². The molecule has 9 heavy (non-hydrogen) atoms. The highest BCUT2D eigenvalue weighted by Crippen LogP contribution is 2.25. The normalized spacial score (nSPS) is 44.9. The lowest BCUT2D eigenvalue weighted by Gasteiger charge is -2.29. The molecule has 1 aliphatic rings. The second-order valence-electron chi connectivity index (χ2n) is 2.54. The maximum absolute atomic E-state index is 8.92. The molecule has 0 bridgehead atoms. The van der Waals surface area contributed by atoms with Crippen molar-refractivity contribution in [3.63, 3.8) is 0 Å². The number of aliphatic hydroxyl groups excluding tert-OH is 1. The van der Waals surface area contributed by atoms with E-state index in [0.29, 0.717) is 6.42 Å². The van der Waals surface area contributed by atoms with E-state index in [9.17, 15) is 0 Å². The van der Waals surface area contributed by atoms with E-state index >= 15 is 0 Å². The predicted molar refractivity (Wildman–Crippen MR) is 35.3 cm³/mol. The number of hydrogen-bond donors (Lipinski definition) is 1. The second-order valence-corrected chi connectivity index (χ2v) is 2.54. The van der Waals surface area contributed by atoms with Crippen LogP contribution in [0.4, 0.5) is 0 Å². The van der Waals surface area contributed by atoms with Crippen molar-refractivity contribution in [1.82, 2.24) is 0 Å². The molecule has 0 aromatic carbocycles. The molecule has 1 aliphatic heterocycles. The van der Waals surface area contributed by atoms with Gasteiger partial charge in [-0.05, 0) is 13.3 Å². The third kappa shape index (κ3) is 1.70. The fourth-order valence-corrected chi connectivity index (χ4v) is 0.986. The standard InChI is InChI=1S/C6H11BO2/c1-4-5(7)2-3-6(8)9-4/h4-6,8H,2-3H2,1H3. The molecule has 3 atom stereocenters. The molecule has 2 nitrogen and oxygen atoms in total. The number of rotatable bonds is 0. The molecule has 0 aromatic rings. The highest BCUT2D eigenvalue weighted by molar-refractivity contribution is 6.12. The highest BCUT2D eigenvalue weighted by Gasteiger charge is 2.22. The van der Waals surface area contributed by atoms with E-state index in [4.69, 9.17) is 17.7 Å². The quantitative estimate of drug-likeness (QED) is 0.477. The van der Waals surface area contributed by atoms with Gasteiger partial charge in [-0.25, -0.2) is 0 Å². The van der Waals surface area contributed by atoms with Crippen LogP contribution in [0.25, 0.3) is 0 Å². The van der Waals surface area contributed by atoms with Gasteiger partial charge >= 0.3 is 0 Å². The lowest BCUT2D eigenvalue weighted by atomic mass is 9.78. The van der Waals surface area contributed by atoms with Gasteiger partial charge < -0.3 is 9.84 Å². The average molecular weight is 126 g/mol. The summed E-state index contributed by atoms with van der Waals surface area (Å²) in [6.07, 6.45) is 0.960. The van der Waals surface area contributed by atoms with Crippen molar-refractivity contribution in [2.75, 3.05) is 0 Å². The van der Waals surface area contributed by atoms with Crippen LogP contribution >= 0.6 is 0 Å². The third-order valence-corrected chi connectivity index (χ3v) is 1.72. The van der Waals surface area contributed by atoms with Crippen molar-refractivity contribution >= 4 is 7.85 Å². The summed E-state index contributed by atoms with van der Waals surface area (Å²) in [5.41, 5.74) is 0. The Hall–Kier alpha value is -0.0151. The topological polar surface area (TPSA) is 29.5 Å². The smallest absolute Gasteiger partial charge is 0.154 e. The summed E-state index contributed by atoms with van der Waals surface area (Å²) in [6.45, 7) is 1.88. The first-order valence-electron chi connectivity index (χ1n) is 3.29. The van der Waals surface area contributed by atoms with Crippen LogP contribution in [-0.2, 0) is 4.74 Å². The van der Waals surface area contributed by atoms with Gasteiger partial charge in [0.15, 0.2) is 6.29 Å². The van der Waals surface area contributed by atoms with Gasteiger partial charge in [-0.2, -0.15) is 0 Å². The minimum atomic E-state index is -0.584. The van der Waals surface area contributed by atoms with Gasteiger partial charge in [-0.1, -0.05) is 12.2 Å². The van der Waals surface area contributed by atoms with Gasteiger partial charge in [0.05, 0.1) is 14.0 Å². The van der Waals surface area contributed by atoms with E-state index < -0.39 is 6.29 Å². The van der Waals surface area contributed by atoms with Crippen molar-refractivity contribution < 1.29 is 9.84 Å². The van der Waals surface area contributed by atoms with Gasteiger partial charge in [-0.3, -0.25) is 0 Å². The Labute approximate surface area is 56.6 Å². The number of hydrogen-bond acceptors (Lipinski definition) is 2. The van der Waals surface area contributed by atoms with E-state index in [1.807, 2.05) is 6.92 Å². The second kappa shape index (κ2) is 2.71. The van der Waals surface area contributed by atoms with Crippen LogP contribution in [0.3, 0.4) is 0 Å². The van der Waals surface area contributed by atoms with Crippen molar-refractivity contribution in [3.8, 4) is 0 Å². The van der Waals surface area contributed by atoms with Gasteiger partial charge in [0.2, 0.25) is 0 Å². The molecule has 0 aromatic heterocycles. The molecule has 2 radical (unpaired) electrons. The summed E-state index contributed by atoms with van der Waals surface area (Å²) < 4.78 is 5.03. The van der Waals surface area contributed by atoms with Crippen molar-refractivity contribution in [2.45, 2.75) is 38.0 Å². The summed E-state index contributed by atoms with van der Waals surface area (Å²) in [7, 11) is 5.60. The Morgan fingerprint density at radius 2 is 2.22 bits per heavy atom. The molecular weight excluding hydrogens is 115 g/mol. The summed E-state index contributed by atoms with van der Waals surface area (Å²) in [5, 5.41) is 8.92. The van der Waals surface area contributed by atoms with Crippen LogP contribution in [0.2, 0.25) is 5.82 Å². The zero-order valence-corrected chi connectivity index (χ0v) is 5.58. The molecule has 1 fully saturated rings. The van der Waals surface area contributed by atoms with Gasteiger partial charge in [0.1, 0.15) is 0 Å². The largest absolute Gasteiger partial charge is 0.368 e. The monoisotopic (exact) mass is 126 g/mol. The lowest BCUT2D eigenvalue weighted by Crippen LogP contribution is -2.29. The van der Waals surface area contributed by atoms with E-state index in [1.54, 1.807) is 0 Å². The van der Waals surface area contributed by atoms with Crippen LogP contribution in [0.5, 0.6) is 0 Å². The molecule has 0 spiro atoms. The third-order valence-electron chi connectivity index (χ3n) is 1.72. The first-order valence-corrected chi connectivity index (χ1v) is 3.29. The molecule has 0 amide bonds. The Bertz CT molecular complexity index is 97.1. The highest BCUT2D eigenvalue weighted by atomic mass is 16.6. The molecule has 0 aliphatic carbocycles. The molecule has 50 valence electrons. The summed E-state index contributed by atoms with van der Waals surface area (Å²) in [6, 6.07) is 0. The number of aliphatic hydroxyl groups is 1. The SMILES string of the molecule is [B]C1CCC(O)OC1C.